The number of nitrogens with one attached hydrogen (secondary N) is 1. The summed E-state index contributed by atoms with van der Waals surface area (Å²) in [4.78, 5) is 0. The number of halogens is 1. The molecule has 1 aromatic rings. The maximum absolute atomic E-state index is 5.52. The highest BCUT2D eigenvalue weighted by Gasteiger charge is 2.15. The van der Waals surface area contributed by atoms with Crippen molar-refractivity contribution in [2.24, 2.45) is 0 Å². The van der Waals surface area contributed by atoms with Crippen LogP contribution >= 0.6 is 11.6 Å². The zero-order valence-electron chi connectivity index (χ0n) is 7.29. The molecule has 0 bridgehead atoms. The molecule has 0 aliphatic carbocycles. The molecule has 0 spiro atoms. The SMILES string of the molecule is Clc1nnc(CC2CCCCN2)o1. The summed E-state index contributed by atoms with van der Waals surface area (Å²) in [5.41, 5.74) is 0. The van der Waals surface area contributed by atoms with Gasteiger partial charge in [0.05, 0.1) is 0 Å². The Hall–Kier alpha value is -0.610. The summed E-state index contributed by atoms with van der Waals surface area (Å²) >= 11 is 5.52. The third-order valence-electron chi connectivity index (χ3n) is 2.28. The van der Waals surface area contributed by atoms with E-state index in [0.717, 1.165) is 13.0 Å². The molecule has 0 aromatic carbocycles. The molecule has 1 N–H and O–H groups in total. The molecule has 1 aliphatic rings. The summed E-state index contributed by atoms with van der Waals surface area (Å²) in [5.74, 6) is 0.629. The van der Waals surface area contributed by atoms with Gasteiger partial charge in [-0.3, -0.25) is 0 Å². The number of rotatable bonds is 2. The Morgan fingerprint density at radius 2 is 2.38 bits per heavy atom. The molecule has 1 aromatic heterocycles. The monoisotopic (exact) mass is 201 g/mol. The van der Waals surface area contributed by atoms with E-state index in [1.54, 1.807) is 0 Å². The highest BCUT2D eigenvalue weighted by Crippen LogP contribution is 2.13. The molecule has 1 fully saturated rings. The molecule has 1 atom stereocenters. The lowest BCUT2D eigenvalue weighted by Gasteiger charge is -2.21. The van der Waals surface area contributed by atoms with Gasteiger partial charge in [0.15, 0.2) is 0 Å². The maximum atomic E-state index is 5.52. The average Bonchev–Trinajstić information content (AvgIpc) is 2.53. The highest BCUT2D eigenvalue weighted by atomic mass is 35.5. The van der Waals surface area contributed by atoms with Crippen LogP contribution in [0.3, 0.4) is 0 Å². The van der Waals surface area contributed by atoms with Gasteiger partial charge in [0, 0.05) is 12.5 Å². The number of piperidine rings is 1. The Bertz CT molecular complexity index is 270. The molecule has 1 unspecified atom stereocenters. The van der Waals surface area contributed by atoms with Crippen LogP contribution in [-0.4, -0.2) is 22.8 Å². The molecular weight excluding hydrogens is 190 g/mol. The Morgan fingerprint density at radius 1 is 1.46 bits per heavy atom. The van der Waals surface area contributed by atoms with Gasteiger partial charge in [0.2, 0.25) is 5.89 Å². The molecule has 1 aliphatic heterocycles. The van der Waals surface area contributed by atoms with E-state index in [1.165, 1.54) is 19.3 Å². The fraction of sp³-hybridized carbons (Fsp3) is 0.750. The summed E-state index contributed by atoms with van der Waals surface area (Å²) in [6.07, 6.45) is 4.51. The van der Waals surface area contributed by atoms with Crippen LogP contribution in [0.5, 0.6) is 0 Å². The Balaban J connectivity index is 1.89. The van der Waals surface area contributed by atoms with Gasteiger partial charge in [-0.25, -0.2) is 0 Å². The van der Waals surface area contributed by atoms with Crippen molar-refractivity contribution in [1.82, 2.24) is 15.5 Å². The van der Waals surface area contributed by atoms with E-state index in [2.05, 4.69) is 15.5 Å². The molecular formula is C8H12ClN3O. The minimum absolute atomic E-state index is 0.130. The third kappa shape index (κ3) is 2.42. The van der Waals surface area contributed by atoms with Crippen molar-refractivity contribution in [2.45, 2.75) is 31.7 Å². The van der Waals surface area contributed by atoms with Gasteiger partial charge >= 0.3 is 5.35 Å². The second-order valence-corrected chi connectivity index (χ2v) is 3.62. The van der Waals surface area contributed by atoms with E-state index in [1.807, 2.05) is 0 Å². The first kappa shape index (κ1) is 8.97. The van der Waals surface area contributed by atoms with E-state index in [9.17, 15) is 0 Å². The molecule has 4 nitrogen and oxygen atoms in total. The second-order valence-electron chi connectivity index (χ2n) is 3.30. The summed E-state index contributed by atoms with van der Waals surface area (Å²) in [6, 6.07) is 0.477. The highest BCUT2D eigenvalue weighted by molar-refractivity contribution is 6.27. The first-order valence-electron chi connectivity index (χ1n) is 4.56. The van der Waals surface area contributed by atoms with Crippen molar-refractivity contribution in [1.29, 1.82) is 0 Å². The predicted molar refractivity (Wildman–Crippen MR) is 48.7 cm³/mol. The summed E-state index contributed by atoms with van der Waals surface area (Å²) in [7, 11) is 0. The van der Waals surface area contributed by atoms with Crippen molar-refractivity contribution in [3.05, 3.63) is 11.2 Å². The van der Waals surface area contributed by atoms with Gasteiger partial charge in [-0.2, -0.15) is 0 Å². The molecule has 13 heavy (non-hydrogen) atoms. The predicted octanol–water partition coefficient (Wildman–Crippen LogP) is 1.41. The summed E-state index contributed by atoms with van der Waals surface area (Å²) in [5, 5.41) is 11.0. The van der Waals surface area contributed by atoms with Gasteiger partial charge < -0.3 is 9.73 Å². The summed E-state index contributed by atoms with van der Waals surface area (Å²) < 4.78 is 5.09. The van der Waals surface area contributed by atoms with Crippen LogP contribution in [0.2, 0.25) is 5.35 Å². The third-order valence-corrected chi connectivity index (χ3v) is 2.43. The lowest BCUT2D eigenvalue weighted by Crippen LogP contribution is -2.35. The van der Waals surface area contributed by atoms with Gasteiger partial charge in [0.25, 0.3) is 0 Å². The fourth-order valence-electron chi connectivity index (χ4n) is 1.62. The first-order chi connectivity index (χ1) is 6.34. The van der Waals surface area contributed by atoms with Crippen molar-refractivity contribution in [3.63, 3.8) is 0 Å². The van der Waals surface area contributed by atoms with Gasteiger partial charge in [-0.05, 0) is 31.0 Å². The molecule has 2 heterocycles. The van der Waals surface area contributed by atoms with E-state index in [-0.39, 0.29) is 5.35 Å². The van der Waals surface area contributed by atoms with Crippen LogP contribution < -0.4 is 5.32 Å². The molecule has 1 saturated heterocycles. The zero-order chi connectivity index (χ0) is 9.10. The number of hydrogen-bond acceptors (Lipinski definition) is 4. The molecule has 0 saturated carbocycles. The number of nitrogens with zero attached hydrogens (tertiary/aromatic N) is 2. The normalized spacial score (nSPS) is 23.3. The van der Waals surface area contributed by atoms with Crippen LogP contribution in [0.15, 0.2) is 4.42 Å². The van der Waals surface area contributed by atoms with Crippen LogP contribution in [0, 0.1) is 0 Å². The van der Waals surface area contributed by atoms with E-state index in [4.69, 9.17) is 16.0 Å². The van der Waals surface area contributed by atoms with E-state index >= 15 is 0 Å². The topological polar surface area (TPSA) is 51.0 Å². The van der Waals surface area contributed by atoms with Crippen molar-refractivity contribution >= 4 is 11.6 Å². The lowest BCUT2D eigenvalue weighted by atomic mass is 10.0. The largest absolute Gasteiger partial charge is 0.412 e. The molecule has 5 heteroatoms. The van der Waals surface area contributed by atoms with Gasteiger partial charge in [-0.15, -0.1) is 5.10 Å². The van der Waals surface area contributed by atoms with Crippen LogP contribution in [-0.2, 0) is 6.42 Å². The smallest absolute Gasteiger partial charge is 0.312 e. The van der Waals surface area contributed by atoms with Crippen LogP contribution in [0.4, 0.5) is 0 Å². The van der Waals surface area contributed by atoms with E-state index < -0.39 is 0 Å². The molecule has 0 amide bonds. The molecule has 2 rings (SSSR count). The Morgan fingerprint density at radius 3 is 3.00 bits per heavy atom. The van der Waals surface area contributed by atoms with Gasteiger partial charge in [-0.1, -0.05) is 11.5 Å². The van der Waals surface area contributed by atoms with Gasteiger partial charge in [0.1, 0.15) is 0 Å². The van der Waals surface area contributed by atoms with Crippen molar-refractivity contribution in [3.8, 4) is 0 Å². The lowest BCUT2D eigenvalue weighted by molar-refractivity contribution is 0.367. The summed E-state index contributed by atoms with van der Waals surface area (Å²) in [6.45, 7) is 1.09. The zero-order valence-corrected chi connectivity index (χ0v) is 8.05. The van der Waals surface area contributed by atoms with Crippen molar-refractivity contribution < 1.29 is 4.42 Å². The minimum Gasteiger partial charge on any atom is -0.412 e. The Kier molecular flexibility index (Phi) is 2.80. The number of aromatic nitrogens is 2. The first-order valence-corrected chi connectivity index (χ1v) is 4.93. The second kappa shape index (κ2) is 4.07. The molecule has 72 valence electrons. The van der Waals surface area contributed by atoms with Crippen LogP contribution in [0.25, 0.3) is 0 Å². The fourth-order valence-corrected chi connectivity index (χ4v) is 1.75. The van der Waals surface area contributed by atoms with Crippen molar-refractivity contribution in [2.75, 3.05) is 6.54 Å². The van der Waals surface area contributed by atoms with E-state index in [0.29, 0.717) is 11.9 Å². The average molecular weight is 202 g/mol. The quantitative estimate of drug-likeness (QED) is 0.786. The number of hydrogen-bond donors (Lipinski definition) is 1. The maximum Gasteiger partial charge on any atom is 0.312 e. The standard InChI is InChI=1S/C8H12ClN3O/c9-8-12-11-7(13-8)5-6-3-1-2-4-10-6/h6,10H,1-5H2. The Labute approximate surface area is 81.7 Å². The minimum atomic E-state index is 0.130. The molecule has 0 radical (unpaired) electrons. The van der Waals surface area contributed by atoms with Crippen LogP contribution in [0.1, 0.15) is 25.2 Å².